The Morgan fingerprint density at radius 2 is 2.31 bits per heavy atom. The van der Waals surface area contributed by atoms with Gasteiger partial charge < -0.3 is 10.1 Å². The minimum atomic E-state index is -0.120. The molecular formula is C12H23NO2S. The molecule has 0 aromatic carbocycles. The lowest BCUT2D eigenvalue weighted by atomic mass is 10.1. The number of hydrogen-bond acceptors (Lipinski definition) is 4. The molecule has 0 bridgehead atoms. The average molecular weight is 245 g/mol. The zero-order chi connectivity index (χ0) is 12.0. The summed E-state index contributed by atoms with van der Waals surface area (Å²) in [4.78, 5) is 11.2. The lowest BCUT2D eigenvalue weighted by molar-refractivity contribution is -0.144. The van der Waals surface area contributed by atoms with E-state index >= 15 is 0 Å². The van der Waals surface area contributed by atoms with Gasteiger partial charge in [0.1, 0.15) is 0 Å². The van der Waals surface area contributed by atoms with Crippen molar-refractivity contribution < 1.29 is 9.53 Å². The second kappa shape index (κ2) is 7.17. The summed E-state index contributed by atoms with van der Waals surface area (Å²) >= 11 is 2.06. The highest BCUT2D eigenvalue weighted by Crippen LogP contribution is 2.29. The van der Waals surface area contributed by atoms with Crippen molar-refractivity contribution in [2.24, 2.45) is 5.92 Å². The first-order valence-corrected chi connectivity index (χ1v) is 7.15. The van der Waals surface area contributed by atoms with Crippen molar-refractivity contribution in [1.29, 1.82) is 0 Å². The number of methoxy groups -OCH3 is 1. The predicted molar refractivity (Wildman–Crippen MR) is 68.7 cm³/mol. The fraction of sp³-hybridized carbons (Fsp3) is 0.917. The summed E-state index contributed by atoms with van der Waals surface area (Å²) in [7, 11) is 1.45. The van der Waals surface area contributed by atoms with Crippen LogP contribution in [0.4, 0.5) is 0 Å². The van der Waals surface area contributed by atoms with Gasteiger partial charge in [-0.3, -0.25) is 4.79 Å². The predicted octanol–water partition coefficient (Wildman–Crippen LogP) is 2.06. The van der Waals surface area contributed by atoms with Crippen LogP contribution in [0.1, 0.15) is 33.1 Å². The number of carbonyl (C=O) groups is 1. The van der Waals surface area contributed by atoms with E-state index in [-0.39, 0.29) is 11.9 Å². The Kier molecular flexibility index (Phi) is 6.21. The Morgan fingerprint density at radius 3 is 2.94 bits per heavy atom. The van der Waals surface area contributed by atoms with Crippen LogP contribution in [0.15, 0.2) is 0 Å². The van der Waals surface area contributed by atoms with Crippen molar-refractivity contribution in [2.45, 2.75) is 44.4 Å². The lowest BCUT2D eigenvalue weighted by Crippen LogP contribution is -2.34. The Morgan fingerprint density at radius 1 is 1.56 bits per heavy atom. The maximum Gasteiger partial charge on any atom is 0.309 e. The number of carbonyl (C=O) groups excluding carboxylic acids is 1. The number of rotatable bonds is 6. The molecule has 0 spiro atoms. The molecular weight excluding hydrogens is 222 g/mol. The molecule has 1 aliphatic rings. The summed E-state index contributed by atoms with van der Waals surface area (Å²) in [5.74, 6) is 1.04. The van der Waals surface area contributed by atoms with Crippen LogP contribution in [0, 0.1) is 5.92 Å². The molecule has 1 N–H and O–H groups in total. The highest BCUT2D eigenvalue weighted by Gasteiger charge is 2.25. The normalized spacial score (nSPS) is 26.7. The van der Waals surface area contributed by atoms with Gasteiger partial charge in [0.25, 0.3) is 0 Å². The van der Waals surface area contributed by atoms with Crippen molar-refractivity contribution in [3.63, 3.8) is 0 Å². The monoisotopic (exact) mass is 245 g/mol. The van der Waals surface area contributed by atoms with Gasteiger partial charge in [0.2, 0.25) is 0 Å². The molecule has 0 saturated heterocycles. The molecule has 1 rings (SSSR count). The molecule has 0 radical (unpaired) electrons. The van der Waals surface area contributed by atoms with Crippen molar-refractivity contribution in [3.05, 3.63) is 0 Å². The van der Waals surface area contributed by atoms with Crippen LogP contribution in [0.25, 0.3) is 0 Å². The van der Waals surface area contributed by atoms with E-state index in [1.807, 2.05) is 6.92 Å². The van der Waals surface area contributed by atoms with Crippen molar-refractivity contribution in [2.75, 3.05) is 19.4 Å². The zero-order valence-electron chi connectivity index (χ0n) is 10.5. The molecule has 3 unspecified atom stereocenters. The summed E-state index contributed by atoms with van der Waals surface area (Å²) in [5, 5.41) is 4.29. The molecule has 0 aromatic heterocycles. The second-order valence-electron chi connectivity index (χ2n) is 4.42. The third-order valence-electron chi connectivity index (χ3n) is 3.10. The molecule has 3 atom stereocenters. The molecule has 94 valence electrons. The van der Waals surface area contributed by atoms with E-state index in [0.29, 0.717) is 6.04 Å². The average Bonchev–Trinajstić information content (AvgIpc) is 2.73. The quantitative estimate of drug-likeness (QED) is 0.727. The number of hydrogen-bond donors (Lipinski definition) is 1. The molecule has 1 aliphatic carbocycles. The van der Waals surface area contributed by atoms with Gasteiger partial charge in [-0.25, -0.2) is 0 Å². The van der Waals surface area contributed by atoms with Crippen molar-refractivity contribution in [3.8, 4) is 0 Å². The molecule has 16 heavy (non-hydrogen) atoms. The molecule has 0 amide bonds. The van der Waals surface area contributed by atoms with E-state index in [2.05, 4.69) is 24.0 Å². The highest BCUT2D eigenvalue weighted by molar-refractivity contribution is 7.99. The van der Waals surface area contributed by atoms with Crippen LogP contribution < -0.4 is 5.32 Å². The standard InChI is InChI=1S/C12H23NO2S/c1-4-16-11-6-5-10(7-11)13-8-9(2)12(14)15-3/h9-11,13H,4-8H2,1-3H3. The van der Waals surface area contributed by atoms with Crippen LogP contribution in [0.3, 0.4) is 0 Å². The fourth-order valence-electron chi connectivity index (χ4n) is 2.14. The Balaban J connectivity index is 2.17. The van der Waals surface area contributed by atoms with E-state index in [4.69, 9.17) is 4.74 Å². The Labute approximate surface area is 103 Å². The van der Waals surface area contributed by atoms with Gasteiger partial charge in [-0.1, -0.05) is 13.8 Å². The van der Waals surface area contributed by atoms with Crippen LogP contribution in [0.2, 0.25) is 0 Å². The minimum absolute atomic E-state index is 0.0390. The summed E-state index contributed by atoms with van der Waals surface area (Å²) in [5.41, 5.74) is 0. The first-order chi connectivity index (χ1) is 7.67. The molecule has 1 saturated carbocycles. The zero-order valence-corrected chi connectivity index (χ0v) is 11.3. The molecule has 4 heteroatoms. The Hall–Kier alpha value is -0.220. The van der Waals surface area contributed by atoms with Gasteiger partial charge in [-0.05, 0) is 25.0 Å². The van der Waals surface area contributed by atoms with Gasteiger partial charge in [-0.15, -0.1) is 0 Å². The first kappa shape index (κ1) is 13.8. The van der Waals surface area contributed by atoms with Crippen LogP contribution in [-0.2, 0) is 9.53 Å². The number of esters is 1. The highest BCUT2D eigenvalue weighted by atomic mass is 32.2. The topological polar surface area (TPSA) is 38.3 Å². The van der Waals surface area contributed by atoms with Crippen LogP contribution in [0.5, 0.6) is 0 Å². The molecule has 0 heterocycles. The second-order valence-corrected chi connectivity index (χ2v) is 6.00. The van der Waals surface area contributed by atoms with Gasteiger partial charge in [0.05, 0.1) is 13.0 Å². The van der Waals surface area contributed by atoms with Gasteiger partial charge in [-0.2, -0.15) is 11.8 Å². The smallest absolute Gasteiger partial charge is 0.309 e. The first-order valence-electron chi connectivity index (χ1n) is 6.10. The largest absolute Gasteiger partial charge is 0.469 e. The minimum Gasteiger partial charge on any atom is -0.469 e. The van der Waals surface area contributed by atoms with Crippen molar-refractivity contribution >= 4 is 17.7 Å². The van der Waals surface area contributed by atoms with E-state index in [0.717, 1.165) is 11.8 Å². The molecule has 1 fully saturated rings. The van der Waals surface area contributed by atoms with Crippen LogP contribution in [-0.4, -0.2) is 36.7 Å². The lowest BCUT2D eigenvalue weighted by Gasteiger charge is -2.15. The summed E-state index contributed by atoms with van der Waals surface area (Å²) < 4.78 is 4.70. The Bertz CT molecular complexity index is 223. The number of thioether (sulfide) groups is 1. The van der Waals surface area contributed by atoms with Gasteiger partial charge in [0, 0.05) is 17.8 Å². The molecule has 0 aromatic rings. The van der Waals surface area contributed by atoms with E-state index in [9.17, 15) is 4.79 Å². The number of ether oxygens (including phenoxy) is 1. The summed E-state index contributed by atoms with van der Waals surface area (Å²) in [6.45, 7) is 4.86. The van der Waals surface area contributed by atoms with E-state index in [1.165, 1.54) is 32.1 Å². The van der Waals surface area contributed by atoms with Crippen LogP contribution >= 0.6 is 11.8 Å². The summed E-state index contributed by atoms with van der Waals surface area (Å²) in [6.07, 6.45) is 3.79. The van der Waals surface area contributed by atoms with Gasteiger partial charge in [0.15, 0.2) is 0 Å². The van der Waals surface area contributed by atoms with Gasteiger partial charge >= 0.3 is 5.97 Å². The summed E-state index contributed by atoms with van der Waals surface area (Å²) in [6, 6.07) is 0.594. The third kappa shape index (κ3) is 4.34. The van der Waals surface area contributed by atoms with Crippen molar-refractivity contribution in [1.82, 2.24) is 5.32 Å². The maximum absolute atomic E-state index is 11.2. The van der Waals surface area contributed by atoms with E-state index in [1.54, 1.807) is 0 Å². The number of nitrogens with one attached hydrogen (secondary N) is 1. The SMILES string of the molecule is CCSC1CCC(NCC(C)C(=O)OC)C1. The maximum atomic E-state index is 11.2. The molecule has 3 nitrogen and oxygen atoms in total. The fourth-order valence-corrected chi connectivity index (χ4v) is 3.28. The van der Waals surface area contributed by atoms with E-state index < -0.39 is 0 Å². The third-order valence-corrected chi connectivity index (χ3v) is 4.34. The molecule has 0 aliphatic heterocycles.